The Hall–Kier alpha value is -2.26. The van der Waals surface area contributed by atoms with E-state index in [0.717, 1.165) is 0 Å². The van der Waals surface area contributed by atoms with Crippen LogP contribution in [0.1, 0.15) is 19.3 Å². The average Bonchev–Trinajstić information content (AvgIpc) is 3.00. The SMILES string of the molecule is O=[N+]([O-])c1nccn1CCCCCOS(=O)(=O)c1ccccc1. The van der Waals surface area contributed by atoms with Gasteiger partial charge in [-0.25, -0.2) is 4.57 Å². The number of rotatable bonds is 9. The van der Waals surface area contributed by atoms with E-state index in [0.29, 0.717) is 25.8 Å². The van der Waals surface area contributed by atoms with Crippen LogP contribution in [0.25, 0.3) is 0 Å². The van der Waals surface area contributed by atoms with E-state index < -0.39 is 15.0 Å². The number of imidazole rings is 1. The van der Waals surface area contributed by atoms with E-state index in [1.807, 2.05) is 0 Å². The van der Waals surface area contributed by atoms with Crippen molar-refractivity contribution in [2.45, 2.75) is 30.7 Å². The van der Waals surface area contributed by atoms with Gasteiger partial charge in [-0.2, -0.15) is 8.42 Å². The Morgan fingerprint density at radius 2 is 1.91 bits per heavy atom. The summed E-state index contributed by atoms with van der Waals surface area (Å²) in [6.45, 7) is 0.547. The Labute approximate surface area is 134 Å². The number of nitro groups is 1. The molecule has 9 heteroatoms. The first-order valence-corrected chi connectivity index (χ1v) is 8.51. The quantitative estimate of drug-likeness (QED) is 0.301. The van der Waals surface area contributed by atoms with Crippen molar-refractivity contribution in [3.63, 3.8) is 0 Å². The maximum Gasteiger partial charge on any atom is 0.434 e. The molecule has 0 aliphatic carbocycles. The molecule has 0 atom stereocenters. The summed E-state index contributed by atoms with van der Waals surface area (Å²) in [7, 11) is -3.71. The van der Waals surface area contributed by atoms with Crippen LogP contribution in [-0.2, 0) is 20.8 Å². The van der Waals surface area contributed by atoms with Crippen molar-refractivity contribution in [2.24, 2.45) is 0 Å². The molecule has 0 spiro atoms. The van der Waals surface area contributed by atoms with Crippen molar-refractivity contribution >= 4 is 16.1 Å². The van der Waals surface area contributed by atoms with E-state index in [9.17, 15) is 18.5 Å². The number of hydrogen-bond acceptors (Lipinski definition) is 6. The molecule has 2 rings (SSSR count). The Kier molecular flexibility index (Phi) is 5.83. The summed E-state index contributed by atoms with van der Waals surface area (Å²) in [6.07, 6.45) is 4.85. The number of aryl methyl sites for hydroxylation is 1. The third-order valence-corrected chi connectivity index (χ3v) is 4.50. The van der Waals surface area contributed by atoms with Gasteiger partial charge in [0.25, 0.3) is 10.1 Å². The van der Waals surface area contributed by atoms with E-state index in [-0.39, 0.29) is 17.5 Å². The number of nitrogens with zero attached hydrogens (tertiary/aromatic N) is 3. The Balaban J connectivity index is 1.70. The van der Waals surface area contributed by atoms with Crippen LogP contribution in [0.4, 0.5) is 5.95 Å². The van der Waals surface area contributed by atoms with Crippen LogP contribution in [0.5, 0.6) is 0 Å². The fraction of sp³-hybridized carbons (Fsp3) is 0.357. The molecule has 2 aromatic rings. The first-order chi connectivity index (χ1) is 11.0. The van der Waals surface area contributed by atoms with Crippen LogP contribution in [0.3, 0.4) is 0 Å². The molecule has 0 bridgehead atoms. The van der Waals surface area contributed by atoms with Crippen molar-refractivity contribution in [1.82, 2.24) is 9.55 Å². The second-order valence-corrected chi connectivity index (χ2v) is 6.44. The third-order valence-electron chi connectivity index (χ3n) is 3.17. The molecule has 0 radical (unpaired) electrons. The molecule has 0 N–H and O–H groups in total. The molecular formula is C14H17N3O5S. The van der Waals surface area contributed by atoms with Crippen molar-refractivity contribution in [3.05, 3.63) is 52.8 Å². The zero-order chi connectivity index (χ0) is 16.7. The number of aromatic nitrogens is 2. The number of hydrogen-bond donors (Lipinski definition) is 0. The van der Waals surface area contributed by atoms with Gasteiger partial charge in [0.05, 0.1) is 18.0 Å². The lowest BCUT2D eigenvalue weighted by Crippen LogP contribution is -2.08. The highest BCUT2D eigenvalue weighted by Crippen LogP contribution is 2.13. The van der Waals surface area contributed by atoms with Gasteiger partial charge in [-0.3, -0.25) is 4.18 Å². The second kappa shape index (κ2) is 7.84. The summed E-state index contributed by atoms with van der Waals surface area (Å²) in [5, 5.41) is 10.7. The van der Waals surface area contributed by atoms with E-state index in [4.69, 9.17) is 4.18 Å². The van der Waals surface area contributed by atoms with Gasteiger partial charge in [0.2, 0.25) is 0 Å². The molecule has 1 aromatic carbocycles. The van der Waals surface area contributed by atoms with E-state index in [1.165, 1.54) is 22.9 Å². The minimum absolute atomic E-state index is 0.0866. The lowest BCUT2D eigenvalue weighted by Gasteiger charge is -2.05. The van der Waals surface area contributed by atoms with Crippen LogP contribution >= 0.6 is 0 Å². The molecule has 0 unspecified atom stereocenters. The standard InChI is InChI=1S/C14H17N3O5S/c18-17(19)14-15-9-11-16(14)10-5-2-6-12-22-23(20,21)13-7-3-1-4-8-13/h1,3-4,7-9,11H,2,5-6,10,12H2. The summed E-state index contributed by atoms with van der Waals surface area (Å²) < 4.78 is 30.1. The average molecular weight is 339 g/mol. The predicted octanol–water partition coefficient (Wildman–Crippen LogP) is 2.37. The second-order valence-electron chi connectivity index (χ2n) is 4.83. The summed E-state index contributed by atoms with van der Waals surface area (Å²) in [6, 6.07) is 7.96. The van der Waals surface area contributed by atoms with Crippen LogP contribution in [0.15, 0.2) is 47.6 Å². The Morgan fingerprint density at radius 1 is 1.17 bits per heavy atom. The van der Waals surface area contributed by atoms with Crippen LogP contribution < -0.4 is 0 Å². The normalized spacial score (nSPS) is 11.5. The molecule has 0 saturated carbocycles. The summed E-state index contributed by atoms with van der Waals surface area (Å²) in [4.78, 5) is 14.0. The fourth-order valence-corrected chi connectivity index (χ4v) is 3.00. The van der Waals surface area contributed by atoms with Gasteiger partial charge in [-0.1, -0.05) is 23.2 Å². The molecule has 0 aliphatic rings. The molecular weight excluding hydrogens is 322 g/mol. The first kappa shape index (κ1) is 17.1. The highest BCUT2D eigenvalue weighted by molar-refractivity contribution is 7.86. The van der Waals surface area contributed by atoms with Crippen molar-refractivity contribution in [2.75, 3.05) is 6.61 Å². The van der Waals surface area contributed by atoms with Gasteiger partial charge in [-0.15, -0.1) is 0 Å². The summed E-state index contributed by atoms with van der Waals surface area (Å²) >= 11 is 0. The fourth-order valence-electron chi connectivity index (χ4n) is 2.03. The number of unbranched alkanes of at least 4 members (excludes halogenated alkanes) is 2. The van der Waals surface area contributed by atoms with Crippen molar-refractivity contribution in [1.29, 1.82) is 0 Å². The summed E-state index contributed by atoms with van der Waals surface area (Å²) in [5.74, 6) is -0.187. The Morgan fingerprint density at radius 3 is 2.61 bits per heavy atom. The van der Waals surface area contributed by atoms with Gasteiger partial charge in [-0.05, 0) is 36.3 Å². The number of benzene rings is 1. The highest BCUT2D eigenvalue weighted by Gasteiger charge is 2.15. The van der Waals surface area contributed by atoms with Gasteiger partial charge >= 0.3 is 5.95 Å². The zero-order valence-corrected chi connectivity index (χ0v) is 13.2. The first-order valence-electron chi connectivity index (χ1n) is 7.11. The maximum atomic E-state index is 11.9. The van der Waals surface area contributed by atoms with E-state index in [2.05, 4.69) is 4.98 Å². The molecule has 1 aromatic heterocycles. The molecule has 23 heavy (non-hydrogen) atoms. The molecule has 0 amide bonds. The Bertz CT molecular complexity index is 743. The van der Waals surface area contributed by atoms with Crippen LogP contribution in [0, 0.1) is 10.1 Å². The van der Waals surface area contributed by atoms with Crippen LogP contribution in [-0.4, -0.2) is 29.5 Å². The monoisotopic (exact) mass is 339 g/mol. The van der Waals surface area contributed by atoms with Crippen LogP contribution in [0.2, 0.25) is 0 Å². The largest absolute Gasteiger partial charge is 0.434 e. The smallest absolute Gasteiger partial charge is 0.390 e. The van der Waals surface area contributed by atoms with E-state index >= 15 is 0 Å². The van der Waals surface area contributed by atoms with Gasteiger partial charge in [0, 0.05) is 0 Å². The van der Waals surface area contributed by atoms with Gasteiger partial charge in [0.15, 0.2) is 0 Å². The van der Waals surface area contributed by atoms with Gasteiger partial charge < -0.3 is 10.1 Å². The predicted molar refractivity (Wildman–Crippen MR) is 82.3 cm³/mol. The molecule has 0 fully saturated rings. The lowest BCUT2D eigenvalue weighted by atomic mass is 10.2. The molecule has 1 heterocycles. The van der Waals surface area contributed by atoms with Crippen molar-refractivity contribution < 1.29 is 17.5 Å². The summed E-state index contributed by atoms with van der Waals surface area (Å²) in [5.41, 5.74) is 0. The minimum Gasteiger partial charge on any atom is -0.390 e. The third kappa shape index (κ3) is 4.86. The van der Waals surface area contributed by atoms with Gasteiger partial charge in [0.1, 0.15) is 12.4 Å². The minimum atomic E-state index is -3.71. The van der Waals surface area contributed by atoms with Crippen molar-refractivity contribution in [3.8, 4) is 0 Å². The highest BCUT2D eigenvalue weighted by atomic mass is 32.2. The molecule has 8 nitrogen and oxygen atoms in total. The zero-order valence-electron chi connectivity index (χ0n) is 12.4. The van der Waals surface area contributed by atoms with E-state index in [1.54, 1.807) is 24.4 Å². The lowest BCUT2D eigenvalue weighted by molar-refractivity contribution is -0.396. The molecule has 0 saturated heterocycles. The topological polar surface area (TPSA) is 104 Å². The molecule has 0 aliphatic heterocycles. The molecule has 124 valence electrons. The maximum absolute atomic E-state index is 11.9.